The van der Waals surface area contributed by atoms with E-state index in [0.717, 1.165) is 5.39 Å². The molecule has 0 heterocycles. The Labute approximate surface area is 80.4 Å². The minimum Gasteiger partial charge on any atom is -0.506 e. The first-order valence-electron chi connectivity index (χ1n) is 4.09. The summed E-state index contributed by atoms with van der Waals surface area (Å²) in [4.78, 5) is 0. The van der Waals surface area contributed by atoms with Crippen LogP contribution in [-0.2, 0) is 0 Å². The van der Waals surface area contributed by atoms with Crippen molar-refractivity contribution in [1.82, 2.24) is 0 Å². The summed E-state index contributed by atoms with van der Waals surface area (Å²) in [5.74, 6) is -0.0310. The number of phenols is 2. The third-order valence-corrected chi connectivity index (χ3v) is 2.19. The molecular formula is C10H10N2O2. The Balaban J connectivity index is 2.89. The van der Waals surface area contributed by atoms with Gasteiger partial charge in [-0.05, 0) is 23.6 Å². The molecule has 0 aliphatic rings. The Hall–Kier alpha value is -2.10. The first-order chi connectivity index (χ1) is 6.59. The molecule has 0 fully saturated rings. The highest BCUT2D eigenvalue weighted by Crippen LogP contribution is 2.34. The van der Waals surface area contributed by atoms with E-state index in [2.05, 4.69) is 0 Å². The molecule has 0 unspecified atom stereocenters. The van der Waals surface area contributed by atoms with Crippen LogP contribution in [0.5, 0.6) is 11.5 Å². The van der Waals surface area contributed by atoms with Crippen molar-refractivity contribution in [3.63, 3.8) is 0 Å². The number of anilines is 2. The Morgan fingerprint density at radius 3 is 2.36 bits per heavy atom. The van der Waals surface area contributed by atoms with Gasteiger partial charge in [0, 0.05) is 5.39 Å². The van der Waals surface area contributed by atoms with Crippen molar-refractivity contribution in [2.24, 2.45) is 0 Å². The van der Waals surface area contributed by atoms with Crippen molar-refractivity contribution >= 4 is 22.1 Å². The third kappa shape index (κ3) is 1.08. The number of nitrogen functional groups attached to an aromatic ring is 2. The van der Waals surface area contributed by atoms with E-state index in [9.17, 15) is 10.2 Å². The molecule has 2 rings (SSSR count). The molecule has 6 N–H and O–H groups in total. The van der Waals surface area contributed by atoms with Gasteiger partial charge in [-0.1, -0.05) is 6.07 Å². The molecule has 4 heteroatoms. The van der Waals surface area contributed by atoms with E-state index >= 15 is 0 Å². The molecule has 14 heavy (non-hydrogen) atoms. The lowest BCUT2D eigenvalue weighted by molar-refractivity contribution is 0.477. The molecule has 0 spiro atoms. The fourth-order valence-corrected chi connectivity index (χ4v) is 1.39. The van der Waals surface area contributed by atoms with Crippen LogP contribution in [0.15, 0.2) is 24.3 Å². The average Bonchev–Trinajstić information content (AvgIpc) is 2.15. The molecule has 0 saturated heterocycles. The minimum absolute atomic E-state index is 0.00155. The number of hydrogen-bond donors (Lipinski definition) is 4. The van der Waals surface area contributed by atoms with Crippen molar-refractivity contribution in [2.45, 2.75) is 0 Å². The number of aromatic hydroxyl groups is 2. The zero-order valence-corrected chi connectivity index (χ0v) is 7.36. The largest absolute Gasteiger partial charge is 0.506 e. The van der Waals surface area contributed by atoms with Gasteiger partial charge in [0.15, 0.2) is 0 Å². The maximum atomic E-state index is 9.37. The molecule has 4 nitrogen and oxygen atoms in total. The smallest absolute Gasteiger partial charge is 0.139 e. The van der Waals surface area contributed by atoms with Crippen molar-refractivity contribution in [3.8, 4) is 11.5 Å². The Morgan fingerprint density at radius 2 is 1.64 bits per heavy atom. The van der Waals surface area contributed by atoms with E-state index in [1.54, 1.807) is 12.1 Å². The second-order valence-corrected chi connectivity index (χ2v) is 3.13. The van der Waals surface area contributed by atoms with Crippen molar-refractivity contribution < 1.29 is 10.2 Å². The number of hydrogen-bond acceptors (Lipinski definition) is 4. The normalized spacial score (nSPS) is 10.6. The van der Waals surface area contributed by atoms with Gasteiger partial charge in [0.05, 0.1) is 11.4 Å². The van der Waals surface area contributed by atoms with Crippen LogP contribution in [-0.4, -0.2) is 10.2 Å². The van der Waals surface area contributed by atoms with Gasteiger partial charge < -0.3 is 21.7 Å². The summed E-state index contributed by atoms with van der Waals surface area (Å²) in [6, 6.07) is 6.24. The highest BCUT2D eigenvalue weighted by Gasteiger charge is 2.06. The highest BCUT2D eigenvalue weighted by atomic mass is 16.3. The summed E-state index contributed by atoms with van der Waals surface area (Å²) in [5.41, 5.74) is 11.7. The Kier molecular flexibility index (Phi) is 1.64. The van der Waals surface area contributed by atoms with Gasteiger partial charge in [-0.3, -0.25) is 0 Å². The molecule has 0 bridgehead atoms. The van der Waals surface area contributed by atoms with Crippen LogP contribution in [0, 0.1) is 0 Å². The van der Waals surface area contributed by atoms with E-state index in [4.69, 9.17) is 11.5 Å². The summed E-state index contributed by atoms with van der Waals surface area (Å²) >= 11 is 0. The predicted octanol–water partition coefficient (Wildman–Crippen LogP) is 1.42. The maximum absolute atomic E-state index is 9.37. The summed E-state index contributed by atoms with van der Waals surface area (Å²) < 4.78 is 0. The molecule has 0 aliphatic heterocycles. The first kappa shape index (κ1) is 8.50. The second kappa shape index (κ2) is 2.70. The Morgan fingerprint density at radius 1 is 0.929 bits per heavy atom. The van der Waals surface area contributed by atoms with Crippen molar-refractivity contribution in [3.05, 3.63) is 24.3 Å². The monoisotopic (exact) mass is 190 g/mol. The van der Waals surface area contributed by atoms with Crippen LogP contribution in [0.2, 0.25) is 0 Å². The van der Waals surface area contributed by atoms with Gasteiger partial charge in [0.25, 0.3) is 0 Å². The molecule has 0 atom stereocenters. The van der Waals surface area contributed by atoms with Crippen molar-refractivity contribution in [1.29, 1.82) is 0 Å². The lowest BCUT2D eigenvalue weighted by Crippen LogP contribution is -1.90. The van der Waals surface area contributed by atoms with Crippen LogP contribution in [0.1, 0.15) is 0 Å². The second-order valence-electron chi connectivity index (χ2n) is 3.13. The van der Waals surface area contributed by atoms with E-state index in [1.165, 1.54) is 12.1 Å². The minimum atomic E-state index is -0.0326. The van der Waals surface area contributed by atoms with Crippen LogP contribution in [0.4, 0.5) is 11.4 Å². The predicted molar refractivity (Wildman–Crippen MR) is 56.1 cm³/mol. The molecule has 0 aromatic heterocycles. The third-order valence-electron chi connectivity index (χ3n) is 2.19. The lowest BCUT2D eigenvalue weighted by atomic mass is 10.1. The van der Waals surface area contributed by atoms with Gasteiger partial charge in [0.1, 0.15) is 11.5 Å². The summed E-state index contributed by atoms with van der Waals surface area (Å²) in [5, 5.41) is 20.1. The highest BCUT2D eigenvalue weighted by molar-refractivity contribution is 5.98. The SMILES string of the molecule is Nc1cc2ccc(O)c(N)c2cc1O. The van der Waals surface area contributed by atoms with Gasteiger partial charge in [-0.15, -0.1) is 0 Å². The quantitative estimate of drug-likeness (QED) is 0.373. The summed E-state index contributed by atoms with van der Waals surface area (Å²) in [6.45, 7) is 0. The van der Waals surface area contributed by atoms with E-state index in [0.29, 0.717) is 11.1 Å². The molecule has 0 amide bonds. The zero-order valence-electron chi connectivity index (χ0n) is 7.36. The van der Waals surface area contributed by atoms with Crippen LogP contribution >= 0.6 is 0 Å². The Bertz CT molecular complexity index is 509. The number of nitrogens with two attached hydrogens (primary N) is 2. The summed E-state index contributed by atoms with van der Waals surface area (Å²) in [6.07, 6.45) is 0. The number of benzene rings is 2. The fourth-order valence-electron chi connectivity index (χ4n) is 1.39. The van der Waals surface area contributed by atoms with E-state index in [1.807, 2.05) is 0 Å². The topological polar surface area (TPSA) is 92.5 Å². The number of rotatable bonds is 0. The standard InChI is InChI=1S/C10H10N2O2/c11-7-3-5-1-2-8(13)10(12)6(5)4-9(7)14/h1-4,13-14H,11-12H2. The van der Waals surface area contributed by atoms with Crippen molar-refractivity contribution in [2.75, 3.05) is 11.5 Å². The van der Waals surface area contributed by atoms with Gasteiger partial charge >= 0.3 is 0 Å². The average molecular weight is 190 g/mol. The van der Waals surface area contributed by atoms with Gasteiger partial charge in [0.2, 0.25) is 0 Å². The van der Waals surface area contributed by atoms with E-state index < -0.39 is 0 Å². The molecule has 2 aromatic rings. The molecular weight excluding hydrogens is 180 g/mol. The molecule has 0 aliphatic carbocycles. The lowest BCUT2D eigenvalue weighted by Gasteiger charge is -2.06. The van der Waals surface area contributed by atoms with Crippen LogP contribution in [0.3, 0.4) is 0 Å². The molecule has 0 saturated carbocycles. The summed E-state index contributed by atoms with van der Waals surface area (Å²) in [7, 11) is 0. The van der Waals surface area contributed by atoms with Crippen LogP contribution < -0.4 is 11.5 Å². The van der Waals surface area contributed by atoms with Gasteiger partial charge in [-0.2, -0.15) is 0 Å². The molecule has 2 aromatic carbocycles. The van der Waals surface area contributed by atoms with Crippen LogP contribution in [0.25, 0.3) is 10.8 Å². The maximum Gasteiger partial charge on any atom is 0.139 e. The van der Waals surface area contributed by atoms with Gasteiger partial charge in [-0.25, -0.2) is 0 Å². The molecule has 72 valence electrons. The zero-order chi connectivity index (χ0) is 10.3. The first-order valence-corrected chi connectivity index (χ1v) is 4.09. The number of fused-ring (bicyclic) bond motifs is 1. The molecule has 0 radical (unpaired) electrons. The number of phenolic OH excluding ortho intramolecular Hbond substituents is 2. The fraction of sp³-hybridized carbons (Fsp3) is 0. The van der Waals surface area contributed by atoms with E-state index in [-0.39, 0.29) is 17.2 Å².